The third-order valence-electron chi connectivity index (χ3n) is 12.1. The lowest BCUT2D eigenvalue weighted by molar-refractivity contribution is -0.135. The SMILES string of the molecule is CC(C)[C@H](N)C(=O)N1CCC[C@H]1c1ncc(-c2ccc(C#Cc3ccc(-c4cnc([C@@H]5CCCN5C(=O)[C@H](NC(=O)N5CCN(C)CC5)c5ccccc5)[nH]4)cc3)cc2)[nH]1. The molecule has 4 atom stereocenters. The molecule has 2 aromatic heterocycles. The average Bonchev–Trinajstić information content (AvgIpc) is 4.12. The third-order valence-corrected chi connectivity index (χ3v) is 12.1. The first-order valence-corrected chi connectivity index (χ1v) is 21.1. The maximum absolute atomic E-state index is 14.3. The van der Waals surface area contributed by atoms with Crippen molar-refractivity contribution in [1.29, 1.82) is 0 Å². The minimum Gasteiger partial charge on any atom is -0.340 e. The number of piperazine rings is 1. The Morgan fingerprint density at radius 2 is 1.20 bits per heavy atom. The van der Waals surface area contributed by atoms with Gasteiger partial charge in [-0.05, 0) is 79.6 Å². The normalized spacial score (nSPS) is 19.2. The van der Waals surface area contributed by atoms with Crippen molar-refractivity contribution in [2.24, 2.45) is 11.7 Å². The van der Waals surface area contributed by atoms with Crippen molar-refractivity contribution >= 4 is 17.8 Å². The van der Waals surface area contributed by atoms with Gasteiger partial charge in [-0.25, -0.2) is 14.8 Å². The van der Waals surface area contributed by atoms with E-state index in [0.29, 0.717) is 26.2 Å². The Hall–Kier alpha value is -6.23. The molecule has 0 saturated carbocycles. The standard InChI is InChI=1S/C47H54N10O3/c1-31(2)41(48)45(58)56-23-7-11-39(56)43-49-29-37(51-43)34-19-15-32(16-20-34)13-14-33-17-21-35(22-18-33)38-30-50-44(52-38)40-12-8-24-57(40)46(59)42(36-9-5-4-6-10-36)53-47(60)55-27-25-54(3)26-28-55/h4-6,9-10,15-22,29-31,39-42H,7-8,11-12,23-28,48H2,1-3H3,(H,49,51)(H,50,52)(H,53,60)/t39-,40-,41-,42+/m0/s1. The summed E-state index contributed by atoms with van der Waals surface area (Å²) in [7, 11) is 2.05. The number of hydrogen-bond donors (Lipinski definition) is 4. The average molecular weight is 807 g/mol. The number of rotatable bonds is 9. The van der Waals surface area contributed by atoms with Crippen LogP contribution in [0, 0.1) is 17.8 Å². The molecule has 0 radical (unpaired) electrons. The second-order valence-corrected chi connectivity index (χ2v) is 16.5. The molecule has 60 heavy (non-hydrogen) atoms. The lowest BCUT2D eigenvalue weighted by Gasteiger charge is -2.34. The summed E-state index contributed by atoms with van der Waals surface area (Å²) in [4.78, 5) is 64.8. The van der Waals surface area contributed by atoms with Crippen LogP contribution in [0.2, 0.25) is 0 Å². The summed E-state index contributed by atoms with van der Waals surface area (Å²) in [6, 6.07) is 23.7. The molecule has 310 valence electrons. The lowest BCUT2D eigenvalue weighted by atomic mass is 10.0. The number of likely N-dealkylation sites (N-methyl/N-ethyl adjacent to an activating group) is 1. The number of carbonyl (C=O) groups excluding carboxylic acids is 3. The number of aromatic amines is 2. The van der Waals surface area contributed by atoms with Gasteiger partial charge in [-0.1, -0.05) is 80.3 Å². The van der Waals surface area contributed by atoms with Crippen LogP contribution in [0.3, 0.4) is 0 Å². The fourth-order valence-corrected chi connectivity index (χ4v) is 8.35. The van der Waals surface area contributed by atoms with Gasteiger partial charge in [0, 0.05) is 50.4 Å². The van der Waals surface area contributed by atoms with E-state index in [2.05, 4.69) is 37.0 Å². The summed E-state index contributed by atoms with van der Waals surface area (Å²) in [5.74, 6) is 8.00. The van der Waals surface area contributed by atoms with Crippen LogP contribution in [0.1, 0.15) is 86.0 Å². The van der Waals surface area contributed by atoms with Crippen molar-refractivity contribution in [3.05, 3.63) is 120 Å². The number of H-pyrrole nitrogens is 2. The van der Waals surface area contributed by atoms with Crippen molar-refractivity contribution in [2.75, 3.05) is 46.3 Å². The Morgan fingerprint density at radius 1 is 0.700 bits per heavy atom. The maximum atomic E-state index is 14.3. The Morgan fingerprint density at radius 3 is 1.70 bits per heavy atom. The van der Waals surface area contributed by atoms with Gasteiger partial charge in [0.05, 0.1) is 41.9 Å². The minimum absolute atomic E-state index is 0.0156. The first-order valence-electron chi connectivity index (χ1n) is 21.1. The summed E-state index contributed by atoms with van der Waals surface area (Å²) < 4.78 is 0. The monoisotopic (exact) mass is 806 g/mol. The van der Waals surface area contributed by atoms with E-state index in [4.69, 9.17) is 10.7 Å². The molecule has 3 aliphatic heterocycles. The Bertz CT molecular complexity index is 2340. The Labute approximate surface area is 351 Å². The van der Waals surface area contributed by atoms with Crippen molar-refractivity contribution < 1.29 is 14.4 Å². The van der Waals surface area contributed by atoms with Crippen LogP contribution in [-0.2, 0) is 9.59 Å². The first kappa shape index (κ1) is 40.5. The van der Waals surface area contributed by atoms with Crippen LogP contribution in [0.25, 0.3) is 22.5 Å². The quantitative estimate of drug-likeness (QED) is 0.136. The van der Waals surface area contributed by atoms with Gasteiger partial charge in [0.15, 0.2) is 0 Å². The number of likely N-dealkylation sites (tertiary alicyclic amines) is 2. The predicted molar refractivity (Wildman–Crippen MR) is 231 cm³/mol. The first-order chi connectivity index (χ1) is 29.1. The van der Waals surface area contributed by atoms with Crippen molar-refractivity contribution in [2.45, 2.75) is 63.7 Å². The molecule has 0 spiro atoms. The van der Waals surface area contributed by atoms with Crippen LogP contribution in [0.4, 0.5) is 4.79 Å². The molecule has 13 nitrogen and oxygen atoms in total. The fraction of sp³-hybridized carbons (Fsp3) is 0.383. The number of urea groups is 1. The number of aromatic nitrogens is 4. The molecule has 3 aliphatic rings. The van der Waals surface area contributed by atoms with E-state index < -0.39 is 12.1 Å². The molecule has 5 aromatic rings. The van der Waals surface area contributed by atoms with Gasteiger partial charge in [-0.2, -0.15) is 0 Å². The van der Waals surface area contributed by atoms with Crippen LogP contribution in [0.15, 0.2) is 91.3 Å². The molecule has 3 aromatic carbocycles. The number of benzene rings is 3. The van der Waals surface area contributed by atoms with E-state index in [1.807, 2.05) is 122 Å². The molecule has 0 aliphatic carbocycles. The zero-order chi connectivity index (χ0) is 41.8. The molecule has 0 bridgehead atoms. The number of nitrogens with zero attached hydrogens (tertiary/aromatic N) is 6. The number of nitrogens with two attached hydrogens (primary N) is 1. The van der Waals surface area contributed by atoms with Gasteiger partial charge >= 0.3 is 6.03 Å². The number of carbonyl (C=O) groups is 3. The second kappa shape index (κ2) is 17.9. The van der Waals surface area contributed by atoms with E-state index in [9.17, 15) is 14.4 Å². The van der Waals surface area contributed by atoms with E-state index in [1.165, 1.54) is 0 Å². The highest BCUT2D eigenvalue weighted by atomic mass is 16.2. The molecular formula is C47H54N10O3. The Kier molecular flexibility index (Phi) is 12.1. The summed E-state index contributed by atoms with van der Waals surface area (Å²) in [6.07, 6.45) is 7.05. The van der Waals surface area contributed by atoms with Gasteiger partial charge in [0.25, 0.3) is 0 Å². The van der Waals surface area contributed by atoms with Gasteiger partial charge in [0.1, 0.15) is 17.7 Å². The van der Waals surface area contributed by atoms with Crippen molar-refractivity contribution in [1.82, 2.24) is 44.9 Å². The van der Waals surface area contributed by atoms with Crippen LogP contribution in [0.5, 0.6) is 0 Å². The predicted octanol–water partition coefficient (Wildman–Crippen LogP) is 5.88. The number of nitrogens with one attached hydrogen (secondary N) is 3. The smallest absolute Gasteiger partial charge is 0.318 e. The van der Waals surface area contributed by atoms with Gasteiger partial charge < -0.3 is 40.6 Å². The summed E-state index contributed by atoms with van der Waals surface area (Å²) in [6.45, 7) is 8.07. The van der Waals surface area contributed by atoms with Crippen LogP contribution in [-0.4, -0.2) is 110 Å². The van der Waals surface area contributed by atoms with E-state index in [0.717, 1.165) is 89.6 Å². The molecular weight excluding hydrogens is 753 g/mol. The Balaban J connectivity index is 0.900. The minimum atomic E-state index is -0.799. The highest BCUT2D eigenvalue weighted by Gasteiger charge is 2.38. The zero-order valence-corrected chi connectivity index (χ0v) is 34.6. The molecule has 3 saturated heterocycles. The lowest BCUT2D eigenvalue weighted by Crippen LogP contribution is -2.53. The molecule has 5 N–H and O–H groups in total. The maximum Gasteiger partial charge on any atom is 0.318 e. The van der Waals surface area contributed by atoms with Crippen LogP contribution >= 0.6 is 0 Å². The van der Waals surface area contributed by atoms with Gasteiger partial charge in [-0.15, -0.1) is 0 Å². The molecule has 8 rings (SSSR count). The molecule has 3 fully saturated rings. The number of imidazole rings is 2. The van der Waals surface area contributed by atoms with Crippen LogP contribution < -0.4 is 11.1 Å². The van der Waals surface area contributed by atoms with Crippen molar-refractivity contribution in [3.63, 3.8) is 0 Å². The highest BCUT2D eigenvalue weighted by Crippen LogP contribution is 2.35. The number of hydrogen-bond acceptors (Lipinski definition) is 7. The third kappa shape index (κ3) is 8.85. The van der Waals surface area contributed by atoms with E-state index >= 15 is 0 Å². The summed E-state index contributed by atoms with van der Waals surface area (Å²) >= 11 is 0. The van der Waals surface area contributed by atoms with E-state index in [-0.39, 0.29) is 35.8 Å². The second-order valence-electron chi connectivity index (χ2n) is 16.5. The van der Waals surface area contributed by atoms with Crippen molar-refractivity contribution in [3.8, 4) is 34.4 Å². The van der Waals surface area contributed by atoms with Gasteiger partial charge in [-0.3, -0.25) is 9.59 Å². The van der Waals surface area contributed by atoms with E-state index in [1.54, 1.807) is 4.90 Å². The highest BCUT2D eigenvalue weighted by molar-refractivity contribution is 5.89. The number of amides is 4. The summed E-state index contributed by atoms with van der Waals surface area (Å²) in [5, 5.41) is 3.07. The molecule has 4 amide bonds. The molecule has 0 unspecified atom stereocenters. The topological polar surface area (TPSA) is 160 Å². The zero-order valence-electron chi connectivity index (χ0n) is 34.6. The fourth-order valence-electron chi connectivity index (χ4n) is 8.35. The summed E-state index contributed by atoms with van der Waals surface area (Å²) in [5.41, 5.74) is 12.4. The molecule has 13 heteroatoms. The largest absolute Gasteiger partial charge is 0.340 e. The van der Waals surface area contributed by atoms with Gasteiger partial charge in [0.2, 0.25) is 11.8 Å². The molecule has 5 heterocycles.